The highest BCUT2D eigenvalue weighted by atomic mass is 16.1. The van der Waals surface area contributed by atoms with Crippen LogP contribution < -0.4 is 5.32 Å². The van der Waals surface area contributed by atoms with Crippen molar-refractivity contribution in [1.82, 2.24) is 14.8 Å². The fourth-order valence-corrected chi connectivity index (χ4v) is 3.12. The van der Waals surface area contributed by atoms with Crippen LogP contribution in [0.15, 0.2) is 98.0 Å². The predicted octanol–water partition coefficient (Wildman–Crippen LogP) is 4.78. The third-order valence-corrected chi connectivity index (χ3v) is 4.50. The Morgan fingerprint density at radius 1 is 1.00 bits per heavy atom. The topological polar surface area (TPSA) is 59.8 Å². The molecule has 142 valence electrons. The zero-order chi connectivity index (χ0) is 20.1. The van der Waals surface area contributed by atoms with Gasteiger partial charge in [0.25, 0.3) is 0 Å². The summed E-state index contributed by atoms with van der Waals surface area (Å²) in [7, 11) is 0. The van der Waals surface area contributed by atoms with Crippen molar-refractivity contribution >= 4 is 11.6 Å². The molecule has 4 rings (SSSR count). The number of hydrogen-bond donors (Lipinski definition) is 1. The summed E-state index contributed by atoms with van der Waals surface area (Å²) in [5.41, 5.74) is 5.62. The van der Waals surface area contributed by atoms with Crippen LogP contribution in [0.2, 0.25) is 0 Å². The first-order chi connectivity index (χ1) is 14.2. The van der Waals surface area contributed by atoms with E-state index in [0.29, 0.717) is 12.2 Å². The number of nitrogens with zero attached hydrogens (tertiary/aromatic N) is 3. The Morgan fingerprint density at radius 3 is 2.59 bits per heavy atom. The van der Waals surface area contributed by atoms with Gasteiger partial charge in [0.2, 0.25) is 5.91 Å². The van der Waals surface area contributed by atoms with Crippen molar-refractivity contribution in [3.05, 3.63) is 104 Å². The van der Waals surface area contributed by atoms with Crippen molar-refractivity contribution in [2.45, 2.75) is 6.54 Å². The summed E-state index contributed by atoms with van der Waals surface area (Å²) < 4.78 is 1.88. The number of nitrogens with one attached hydrogen (secondary N) is 1. The molecule has 4 aromatic rings. The number of aromatic nitrogens is 3. The van der Waals surface area contributed by atoms with Crippen LogP contribution in [-0.2, 0) is 11.3 Å². The number of pyridine rings is 1. The maximum absolute atomic E-state index is 11.8. The third-order valence-electron chi connectivity index (χ3n) is 4.50. The first kappa shape index (κ1) is 18.4. The van der Waals surface area contributed by atoms with E-state index in [0.717, 1.165) is 27.9 Å². The molecule has 0 spiro atoms. The molecule has 2 heterocycles. The van der Waals surface area contributed by atoms with Crippen molar-refractivity contribution in [3.8, 4) is 22.4 Å². The van der Waals surface area contributed by atoms with Gasteiger partial charge in [0.15, 0.2) is 0 Å². The summed E-state index contributed by atoms with van der Waals surface area (Å²) >= 11 is 0. The zero-order valence-electron chi connectivity index (χ0n) is 15.8. The molecule has 1 amide bonds. The quantitative estimate of drug-likeness (QED) is 0.490. The molecule has 0 aliphatic rings. The maximum Gasteiger partial charge on any atom is 0.247 e. The largest absolute Gasteiger partial charge is 0.322 e. The number of benzene rings is 2. The second-order valence-electron chi connectivity index (χ2n) is 6.62. The number of rotatable bonds is 6. The van der Waals surface area contributed by atoms with Gasteiger partial charge in [-0.1, -0.05) is 43.0 Å². The first-order valence-corrected chi connectivity index (χ1v) is 9.28. The fraction of sp³-hybridized carbons (Fsp3) is 0.0417. The van der Waals surface area contributed by atoms with Crippen LogP contribution in [0, 0.1) is 0 Å². The van der Waals surface area contributed by atoms with Gasteiger partial charge in [-0.25, -0.2) is 0 Å². The van der Waals surface area contributed by atoms with Gasteiger partial charge in [-0.2, -0.15) is 5.10 Å². The minimum absolute atomic E-state index is 0.247. The number of carbonyl (C=O) groups excluding carboxylic acids is 1. The third kappa shape index (κ3) is 4.47. The average Bonchev–Trinajstić information content (AvgIpc) is 3.23. The number of hydrogen-bond acceptors (Lipinski definition) is 3. The molecule has 5 nitrogen and oxygen atoms in total. The van der Waals surface area contributed by atoms with Crippen LogP contribution in [0.5, 0.6) is 0 Å². The van der Waals surface area contributed by atoms with E-state index in [1.54, 1.807) is 6.20 Å². The summed E-state index contributed by atoms with van der Waals surface area (Å²) in [6, 6.07) is 21.9. The van der Waals surface area contributed by atoms with Gasteiger partial charge in [0.1, 0.15) is 0 Å². The van der Waals surface area contributed by atoms with Crippen molar-refractivity contribution < 1.29 is 4.79 Å². The van der Waals surface area contributed by atoms with Crippen molar-refractivity contribution in [2.75, 3.05) is 5.32 Å². The molecule has 29 heavy (non-hydrogen) atoms. The van der Waals surface area contributed by atoms with Crippen LogP contribution >= 0.6 is 0 Å². The Kier molecular flexibility index (Phi) is 5.29. The van der Waals surface area contributed by atoms with E-state index in [1.807, 2.05) is 77.7 Å². The molecule has 0 aliphatic carbocycles. The van der Waals surface area contributed by atoms with E-state index in [9.17, 15) is 4.79 Å². The molecule has 5 heteroatoms. The van der Waals surface area contributed by atoms with Crippen molar-refractivity contribution in [1.29, 1.82) is 0 Å². The van der Waals surface area contributed by atoms with Crippen molar-refractivity contribution in [3.63, 3.8) is 0 Å². The highest BCUT2D eigenvalue weighted by Crippen LogP contribution is 2.30. The van der Waals surface area contributed by atoms with E-state index >= 15 is 0 Å². The molecule has 0 fully saturated rings. The molecule has 0 aliphatic heterocycles. The van der Waals surface area contributed by atoms with Gasteiger partial charge in [-0.05, 0) is 53.1 Å². The van der Waals surface area contributed by atoms with Crippen LogP contribution in [-0.4, -0.2) is 20.7 Å². The maximum atomic E-state index is 11.8. The summed E-state index contributed by atoms with van der Waals surface area (Å²) in [6.45, 7) is 4.17. The molecule has 0 saturated heterocycles. The van der Waals surface area contributed by atoms with Crippen molar-refractivity contribution in [2.24, 2.45) is 0 Å². The molecule has 0 radical (unpaired) electrons. The predicted molar refractivity (Wildman–Crippen MR) is 115 cm³/mol. The van der Waals surface area contributed by atoms with Crippen LogP contribution in [0.1, 0.15) is 5.56 Å². The van der Waals surface area contributed by atoms with E-state index in [2.05, 4.69) is 22.9 Å². The summed E-state index contributed by atoms with van der Waals surface area (Å²) in [6.07, 6.45) is 6.80. The Morgan fingerprint density at radius 2 is 1.83 bits per heavy atom. The standard InChI is InChI=1S/C24H20N4O/c1-2-24(29)26-22-14-20(19-8-4-3-5-9-19)13-21(15-22)23-10-12-28(27-23)17-18-7-6-11-25-16-18/h2-16H,1,17H2,(H,26,29). The van der Waals surface area contributed by atoms with Crippen LogP contribution in [0.25, 0.3) is 22.4 Å². The lowest BCUT2D eigenvalue weighted by Crippen LogP contribution is -2.07. The highest BCUT2D eigenvalue weighted by Gasteiger charge is 2.09. The first-order valence-electron chi connectivity index (χ1n) is 9.28. The van der Waals surface area contributed by atoms with E-state index < -0.39 is 0 Å². The SMILES string of the molecule is C=CC(=O)Nc1cc(-c2ccccc2)cc(-c2ccn(Cc3cccnc3)n2)c1. The number of amides is 1. The molecule has 0 saturated carbocycles. The monoisotopic (exact) mass is 380 g/mol. The minimum Gasteiger partial charge on any atom is -0.322 e. The second kappa shape index (κ2) is 8.35. The Balaban J connectivity index is 1.70. The molecular weight excluding hydrogens is 360 g/mol. The van der Waals surface area contributed by atoms with Crippen LogP contribution in [0.4, 0.5) is 5.69 Å². The lowest BCUT2D eigenvalue weighted by atomic mass is 10.0. The molecule has 2 aromatic heterocycles. The molecule has 1 N–H and O–H groups in total. The van der Waals surface area contributed by atoms with Gasteiger partial charge >= 0.3 is 0 Å². The van der Waals surface area contributed by atoms with Crippen LogP contribution in [0.3, 0.4) is 0 Å². The van der Waals surface area contributed by atoms with Gasteiger partial charge in [-0.15, -0.1) is 0 Å². The smallest absolute Gasteiger partial charge is 0.247 e. The normalized spacial score (nSPS) is 10.5. The molecule has 0 bridgehead atoms. The van der Waals surface area contributed by atoms with Gasteiger partial charge in [-0.3, -0.25) is 14.5 Å². The van der Waals surface area contributed by atoms with E-state index in [1.165, 1.54) is 6.08 Å². The Labute approximate surface area is 169 Å². The Bertz CT molecular complexity index is 1130. The van der Waals surface area contributed by atoms with Gasteiger partial charge in [0, 0.05) is 29.8 Å². The van der Waals surface area contributed by atoms with Gasteiger partial charge < -0.3 is 5.32 Å². The van der Waals surface area contributed by atoms with Gasteiger partial charge in [0.05, 0.1) is 12.2 Å². The lowest BCUT2D eigenvalue weighted by molar-refractivity contribution is -0.111. The number of carbonyl (C=O) groups is 1. The molecular formula is C24H20N4O. The van der Waals surface area contributed by atoms with E-state index in [4.69, 9.17) is 5.10 Å². The molecule has 0 atom stereocenters. The molecule has 0 unspecified atom stereocenters. The zero-order valence-corrected chi connectivity index (χ0v) is 15.8. The fourth-order valence-electron chi connectivity index (χ4n) is 3.12. The highest BCUT2D eigenvalue weighted by molar-refractivity contribution is 5.99. The lowest BCUT2D eigenvalue weighted by Gasteiger charge is -2.10. The molecule has 2 aromatic carbocycles. The second-order valence-corrected chi connectivity index (χ2v) is 6.62. The number of anilines is 1. The summed E-state index contributed by atoms with van der Waals surface area (Å²) in [5.74, 6) is -0.247. The minimum atomic E-state index is -0.247. The average molecular weight is 380 g/mol. The summed E-state index contributed by atoms with van der Waals surface area (Å²) in [4.78, 5) is 16.0. The Hall–Kier alpha value is -3.99. The van der Waals surface area contributed by atoms with E-state index in [-0.39, 0.29) is 5.91 Å². The summed E-state index contributed by atoms with van der Waals surface area (Å²) in [5, 5.41) is 7.57.